The SMILES string of the molecule is CC(C)(C)OC(=O)N1CC=C(c2ccc3c(c2)CCN(C[C@H](O)CN2CCc4ccccc4C2)C3=O)CC1. The number of ether oxygens (including phenoxy) is 1. The van der Waals surface area contributed by atoms with E-state index >= 15 is 0 Å². The molecule has 0 fully saturated rings. The molecule has 0 saturated heterocycles. The number of hydrogen-bond acceptors (Lipinski definition) is 5. The molecular formula is C31H39N3O4. The van der Waals surface area contributed by atoms with Gasteiger partial charge in [-0.1, -0.05) is 42.5 Å². The van der Waals surface area contributed by atoms with Gasteiger partial charge in [-0.3, -0.25) is 9.69 Å². The standard InChI is InChI=1S/C31H39N3O4/c1-31(2,3)38-30(37)33-15-11-23(12-16-33)24-8-9-28-25(18-24)13-17-34(29(28)36)21-27(35)20-32-14-10-22-6-4-5-7-26(22)19-32/h4-9,11,18,27,35H,10,12-17,19-21H2,1-3H3/t27-/m1/s1. The lowest BCUT2D eigenvalue weighted by Crippen LogP contribution is -2.46. The van der Waals surface area contributed by atoms with Crippen LogP contribution < -0.4 is 0 Å². The van der Waals surface area contributed by atoms with Gasteiger partial charge in [-0.05, 0) is 73.9 Å². The second kappa shape index (κ2) is 10.9. The molecule has 202 valence electrons. The molecule has 2 aromatic carbocycles. The molecule has 7 nitrogen and oxygen atoms in total. The molecular weight excluding hydrogens is 478 g/mol. The predicted molar refractivity (Wildman–Crippen MR) is 148 cm³/mol. The molecule has 1 atom stereocenters. The number of rotatable bonds is 5. The number of benzene rings is 2. The molecule has 38 heavy (non-hydrogen) atoms. The summed E-state index contributed by atoms with van der Waals surface area (Å²) < 4.78 is 5.49. The first-order valence-corrected chi connectivity index (χ1v) is 13.7. The monoisotopic (exact) mass is 517 g/mol. The Bertz CT molecular complexity index is 1230. The topological polar surface area (TPSA) is 73.3 Å². The average molecular weight is 518 g/mol. The molecule has 3 aliphatic rings. The van der Waals surface area contributed by atoms with Crippen LogP contribution in [0.4, 0.5) is 4.79 Å². The van der Waals surface area contributed by atoms with Crippen molar-refractivity contribution in [3.8, 4) is 0 Å². The first-order valence-electron chi connectivity index (χ1n) is 13.7. The summed E-state index contributed by atoms with van der Waals surface area (Å²) in [5.41, 5.74) is 6.31. The van der Waals surface area contributed by atoms with Gasteiger partial charge < -0.3 is 19.6 Å². The Labute approximate surface area is 225 Å². The van der Waals surface area contributed by atoms with Crippen LogP contribution in [0.1, 0.15) is 59.8 Å². The smallest absolute Gasteiger partial charge is 0.410 e. The Balaban J connectivity index is 1.17. The van der Waals surface area contributed by atoms with Crippen molar-refractivity contribution in [3.63, 3.8) is 0 Å². The zero-order chi connectivity index (χ0) is 26.9. The van der Waals surface area contributed by atoms with Gasteiger partial charge in [0.25, 0.3) is 5.91 Å². The zero-order valence-electron chi connectivity index (χ0n) is 22.8. The van der Waals surface area contributed by atoms with Crippen molar-refractivity contribution in [2.24, 2.45) is 0 Å². The summed E-state index contributed by atoms with van der Waals surface area (Å²) in [7, 11) is 0. The number of β-amino-alcohol motifs (C(OH)–C–C–N with tert-alkyl or cyclic N) is 1. The Morgan fingerprint density at radius 2 is 1.74 bits per heavy atom. The van der Waals surface area contributed by atoms with Crippen LogP contribution in [0.15, 0.2) is 48.5 Å². The molecule has 2 amide bonds. The van der Waals surface area contributed by atoms with Crippen LogP contribution in [0.5, 0.6) is 0 Å². The fourth-order valence-electron chi connectivity index (χ4n) is 5.65. The van der Waals surface area contributed by atoms with Gasteiger partial charge in [-0.25, -0.2) is 4.79 Å². The lowest BCUT2D eigenvalue weighted by molar-refractivity contribution is 0.0270. The number of carbonyl (C=O) groups excluding carboxylic acids is 2. The highest BCUT2D eigenvalue weighted by molar-refractivity contribution is 5.97. The third-order valence-corrected chi connectivity index (χ3v) is 7.62. The second-order valence-corrected chi connectivity index (χ2v) is 11.7. The van der Waals surface area contributed by atoms with Crippen LogP contribution in [-0.2, 0) is 24.1 Å². The Kier molecular flexibility index (Phi) is 7.59. The first kappa shape index (κ1) is 26.4. The van der Waals surface area contributed by atoms with Crippen LogP contribution in [0.2, 0.25) is 0 Å². The first-order chi connectivity index (χ1) is 18.2. The van der Waals surface area contributed by atoms with Crippen LogP contribution in [-0.4, -0.2) is 82.8 Å². The minimum atomic E-state index is -0.578. The van der Waals surface area contributed by atoms with E-state index in [1.54, 1.807) is 9.80 Å². The van der Waals surface area contributed by atoms with Gasteiger partial charge in [-0.15, -0.1) is 0 Å². The van der Waals surface area contributed by atoms with E-state index < -0.39 is 11.7 Å². The van der Waals surface area contributed by atoms with Crippen LogP contribution in [0.3, 0.4) is 0 Å². The fourth-order valence-corrected chi connectivity index (χ4v) is 5.65. The molecule has 0 bridgehead atoms. The molecule has 0 aromatic heterocycles. The van der Waals surface area contributed by atoms with Gasteiger partial charge in [0.05, 0.1) is 6.10 Å². The van der Waals surface area contributed by atoms with Crippen molar-refractivity contribution < 1.29 is 19.4 Å². The van der Waals surface area contributed by atoms with Crippen molar-refractivity contribution in [1.29, 1.82) is 0 Å². The lowest BCUT2D eigenvalue weighted by Gasteiger charge is -2.34. The molecule has 0 aliphatic carbocycles. The van der Waals surface area contributed by atoms with E-state index in [4.69, 9.17) is 4.74 Å². The normalized spacial score (nSPS) is 18.9. The van der Waals surface area contributed by atoms with Gasteiger partial charge >= 0.3 is 6.09 Å². The molecule has 1 N–H and O–H groups in total. The summed E-state index contributed by atoms with van der Waals surface area (Å²) in [6.07, 6.45) is 3.75. The average Bonchev–Trinajstić information content (AvgIpc) is 2.89. The molecule has 5 rings (SSSR count). The van der Waals surface area contributed by atoms with E-state index in [0.717, 1.165) is 49.0 Å². The van der Waals surface area contributed by atoms with Crippen LogP contribution in [0.25, 0.3) is 5.57 Å². The number of aliphatic hydroxyl groups excluding tert-OH is 1. The van der Waals surface area contributed by atoms with Gasteiger partial charge in [0.2, 0.25) is 0 Å². The van der Waals surface area contributed by atoms with E-state index in [-0.39, 0.29) is 12.0 Å². The Hall–Kier alpha value is -3.16. The summed E-state index contributed by atoms with van der Waals surface area (Å²) in [5.74, 6) is -0.00503. The highest BCUT2D eigenvalue weighted by Gasteiger charge is 2.28. The van der Waals surface area contributed by atoms with Gasteiger partial charge in [0, 0.05) is 51.4 Å². The Morgan fingerprint density at radius 1 is 0.974 bits per heavy atom. The molecule has 0 saturated carbocycles. The van der Waals surface area contributed by atoms with Gasteiger partial charge in [0.1, 0.15) is 5.60 Å². The summed E-state index contributed by atoms with van der Waals surface area (Å²) in [5, 5.41) is 10.8. The summed E-state index contributed by atoms with van der Waals surface area (Å²) in [6.45, 7) is 10.1. The quantitative estimate of drug-likeness (QED) is 0.646. The lowest BCUT2D eigenvalue weighted by atomic mass is 9.92. The highest BCUT2D eigenvalue weighted by atomic mass is 16.6. The number of nitrogens with zero attached hydrogens (tertiary/aromatic N) is 3. The third kappa shape index (κ3) is 6.11. The maximum atomic E-state index is 13.3. The molecule has 3 aliphatic heterocycles. The molecule has 3 heterocycles. The van der Waals surface area contributed by atoms with Crippen molar-refractivity contribution in [1.82, 2.24) is 14.7 Å². The van der Waals surface area contributed by atoms with Crippen LogP contribution >= 0.6 is 0 Å². The number of aliphatic hydroxyl groups is 1. The summed E-state index contributed by atoms with van der Waals surface area (Å²) >= 11 is 0. The number of hydrogen-bond donors (Lipinski definition) is 1. The number of carbonyl (C=O) groups is 2. The predicted octanol–water partition coefficient (Wildman–Crippen LogP) is 4.13. The molecule has 0 radical (unpaired) electrons. The summed E-state index contributed by atoms with van der Waals surface area (Å²) in [4.78, 5) is 31.4. The molecule has 0 unspecified atom stereocenters. The molecule has 0 spiro atoms. The highest BCUT2D eigenvalue weighted by Crippen LogP contribution is 2.28. The maximum Gasteiger partial charge on any atom is 0.410 e. The fraction of sp³-hybridized carbons (Fsp3) is 0.484. The maximum absolute atomic E-state index is 13.3. The second-order valence-electron chi connectivity index (χ2n) is 11.7. The van der Waals surface area contributed by atoms with E-state index in [2.05, 4.69) is 41.3 Å². The largest absolute Gasteiger partial charge is 0.444 e. The third-order valence-electron chi connectivity index (χ3n) is 7.62. The van der Waals surface area contributed by atoms with Crippen molar-refractivity contribution in [3.05, 3.63) is 76.4 Å². The van der Waals surface area contributed by atoms with Gasteiger partial charge in [-0.2, -0.15) is 0 Å². The number of fused-ring (bicyclic) bond motifs is 2. The summed E-state index contributed by atoms with van der Waals surface area (Å²) in [6, 6.07) is 14.6. The molecule has 2 aromatic rings. The molecule has 7 heteroatoms. The number of amides is 2. The van der Waals surface area contributed by atoms with E-state index in [0.29, 0.717) is 32.7 Å². The van der Waals surface area contributed by atoms with E-state index in [9.17, 15) is 14.7 Å². The zero-order valence-corrected chi connectivity index (χ0v) is 22.8. The van der Waals surface area contributed by atoms with Crippen molar-refractivity contribution in [2.45, 2.75) is 58.3 Å². The minimum absolute atomic E-state index is 0.00503. The minimum Gasteiger partial charge on any atom is -0.444 e. The Morgan fingerprint density at radius 3 is 2.47 bits per heavy atom. The van der Waals surface area contributed by atoms with Crippen LogP contribution in [0, 0.1) is 0 Å². The van der Waals surface area contributed by atoms with E-state index in [1.165, 1.54) is 16.7 Å². The van der Waals surface area contributed by atoms with Crippen molar-refractivity contribution in [2.75, 3.05) is 39.3 Å². The van der Waals surface area contributed by atoms with E-state index in [1.807, 2.05) is 32.9 Å². The van der Waals surface area contributed by atoms with Crippen molar-refractivity contribution >= 4 is 17.6 Å². The van der Waals surface area contributed by atoms with Gasteiger partial charge in [0.15, 0.2) is 0 Å².